The number of benzene rings is 1. The predicted octanol–water partition coefficient (Wildman–Crippen LogP) is 1.48. The van der Waals surface area contributed by atoms with E-state index in [0.717, 1.165) is 41.8 Å². The van der Waals surface area contributed by atoms with E-state index in [0.29, 0.717) is 5.69 Å². The fourth-order valence-corrected chi connectivity index (χ4v) is 2.76. The quantitative estimate of drug-likeness (QED) is 0.895. The number of carboxylic acid groups (broad SMARTS) is 1. The van der Waals surface area contributed by atoms with Crippen LogP contribution in [0.25, 0.3) is 5.69 Å². The predicted molar refractivity (Wildman–Crippen MR) is 80.3 cm³/mol. The Morgan fingerprint density at radius 1 is 1.27 bits per heavy atom. The highest BCUT2D eigenvalue weighted by molar-refractivity contribution is 5.95. The molecule has 0 unspecified atom stereocenters. The number of carbonyl (C=O) groups is 2. The lowest BCUT2D eigenvalue weighted by atomic mass is 10.2. The van der Waals surface area contributed by atoms with E-state index in [9.17, 15) is 9.59 Å². The Morgan fingerprint density at radius 3 is 2.68 bits per heavy atom. The molecule has 22 heavy (non-hydrogen) atoms. The van der Waals surface area contributed by atoms with Crippen LogP contribution in [-0.4, -0.2) is 33.3 Å². The summed E-state index contributed by atoms with van der Waals surface area (Å²) in [6.45, 7) is 1.62. The fraction of sp³-hybridized carbons (Fsp3) is 0.312. The van der Waals surface area contributed by atoms with E-state index in [2.05, 4.69) is 10.4 Å². The Labute approximate surface area is 127 Å². The van der Waals surface area contributed by atoms with Crippen LogP contribution in [0, 0.1) is 6.92 Å². The van der Waals surface area contributed by atoms with Crippen molar-refractivity contribution in [3.63, 3.8) is 0 Å². The van der Waals surface area contributed by atoms with Crippen molar-refractivity contribution >= 4 is 11.9 Å². The lowest BCUT2D eigenvalue weighted by Gasteiger charge is -2.05. The van der Waals surface area contributed by atoms with Gasteiger partial charge in [-0.3, -0.25) is 9.59 Å². The second-order valence-corrected chi connectivity index (χ2v) is 5.45. The average molecular weight is 299 g/mol. The van der Waals surface area contributed by atoms with Crippen molar-refractivity contribution in [2.24, 2.45) is 0 Å². The van der Waals surface area contributed by atoms with E-state index in [1.165, 1.54) is 0 Å². The third-order valence-corrected chi connectivity index (χ3v) is 3.82. The number of carboxylic acids is 1. The summed E-state index contributed by atoms with van der Waals surface area (Å²) >= 11 is 0. The summed E-state index contributed by atoms with van der Waals surface area (Å²) in [5.74, 6) is -1.49. The zero-order valence-corrected chi connectivity index (χ0v) is 12.3. The third-order valence-electron chi connectivity index (χ3n) is 3.82. The Balaban J connectivity index is 1.96. The highest BCUT2D eigenvalue weighted by atomic mass is 16.4. The molecule has 1 amide bonds. The number of fused-ring (bicyclic) bond motifs is 1. The molecule has 0 bridgehead atoms. The Hall–Kier alpha value is -2.63. The molecule has 1 aliphatic carbocycles. The monoisotopic (exact) mass is 299 g/mol. The molecule has 0 aliphatic heterocycles. The number of nitrogens with one attached hydrogen (secondary N) is 1. The van der Waals surface area contributed by atoms with Crippen LogP contribution in [0.4, 0.5) is 0 Å². The van der Waals surface area contributed by atoms with Gasteiger partial charge in [-0.1, -0.05) is 17.7 Å². The topological polar surface area (TPSA) is 84.2 Å². The van der Waals surface area contributed by atoms with Crippen LogP contribution in [-0.2, 0) is 17.6 Å². The molecule has 0 atom stereocenters. The molecular weight excluding hydrogens is 282 g/mol. The van der Waals surface area contributed by atoms with Gasteiger partial charge in [-0.25, -0.2) is 4.68 Å². The summed E-state index contributed by atoms with van der Waals surface area (Å²) in [5, 5.41) is 15.5. The van der Waals surface area contributed by atoms with Crippen molar-refractivity contribution in [1.29, 1.82) is 0 Å². The van der Waals surface area contributed by atoms with Gasteiger partial charge in [0.25, 0.3) is 5.91 Å². The largest absolute Gasteiger partial charge is 0.480 e. The molecule has 0 radical (unpaired) electrons. The van der Waals surface area contributed by atoms with Gasteiger partial charge in [-0.2, -0.15) is 5.10 Å². The van der Waals surface area contributed by atoms with Crippen molar-refractivity contribution in [3.05, 3.63) is 46.8 Å². The van der Waals surface area contributed by atoms with Crippen LogP contribution in [0.3, 0.4) is 0 Å². The van der Waals surface area contributed by atoms with Gasteiger partial charge < -0.3 is 10.4 Å². The number of hydrogen-bond acceptors (Lipinski definition) is 3. The normalized spacial score (nSPS) is 13.0. The zero-order chi connectivity index (χ0) is 15.7. The van der Waals surface area contributed by atoms with Crippen LogP contribution in [0.15, 0.2) is 24.3 Å². The number of aromatic nitrogens is 2. The third kappa shape index (κ3) is 2.59. The van der Waals surface area contributed by atoms with E-state index in [-0.39, 0.29) is 0 Å². The smallest absolute Gasteiger partial charge is 0.322 e. The minimum absolute atomic E-state index is 0.342. The summed E-state index contributed by atoms with van der Waals surface area (Å²) in [6, 6.07) is 7.95. The standard InChI is InChI=1S/C16H17N3O3/c1-10-5-7-11(8-6-10)19-13-4-2-3-12(13)15(18-19)16(22)17-9-14(20)21/h5-8H,2-4,9H2,1H3,(H,17,22)(H,20,21). The highest BCUT2D eigenvalue weighted by Gasteiger charge is 2.26. The van der Waals surface area contributed by atoms with E-state index in [1.54, 1.807) is 4.68 Å². The molecule has 6 heteroatoms. The summed E-state index contributed by atoms with van der Waals surface area (Å²) in [6.07, 6.45) is 2.66. The van der Waals surface area contributed by atoms with Gasteiger partial charge in [0, 0.05) is 11.3 Å². The Morgan fingerprint density at radius 2 is 2.00 bits per heavy atom. The molecule has 0 saturated carbocycles. The molecule has 1 aromatic heterocycles. The zero-order valence-electron chi connectivity index (χ0n) is 12.3. The minimum Gasteiger partial charge on any atom is -0.480 e. The highest BCUT2D eigenvalue weighted by Crippen LogP contribution is 2.27. The maximum Gasteiger partial charge on any atom is 0.322 e. The van der Waals surface area contributed by atoms with Crippen LogP contribution in [0.1, 0.15) is 33.7 Å². The molecule has 2 aromatic rings. The van der Waals surface area contributed by atoms with Gasteiger partial charge in [-0.15, -0.1) is 0 Å². The van der Waals surface area contributed by atoms with Gasteiger partial charge in [0.05, 0.1) is 5.69 Å². The lowest BCUT2D eigenvalue weighted by molar-refractivity contribution is -0.135. The number of rotatable bonds is 4. The van der Waals surface area contributed by atoms with Gasteiger partial charge in [0.1, 0.15) is 6.54 Å². The number of nitrogens with zero attached hydrogens (tertiary/aromatic N) is 2. The molecule has 1 heterocycles. The van der Waals surface area contributed by atoms with E-state index < -0.39 is 18.4 Å². The van der Waals surface area contributed by atoms with Crippen LogP contribution in [0.2, 0.25) is 0 Å². The van der Waals surface area contributed by atoms with Crippen molar-refractivity contribution in [1.82, 2.24) is 15.1 Å². The first-order valence-electron chi connectivity index (χ1n) is 7.24. The maximum atomic E-state index is 12.2. The van der Waals surface area contributed by atoms with Crippen LogP contribution in [0.5, 0.6) is 0 Å². The number of hydrogen-bond donors (Lipinski definition) is 2. The van der Waals surface area contributed by atoms with E-state index in [1.807, 2.05) is 31.2 Å². The lowest BCUT2D eigenvalue weighted by Crippen LogP contribution is -2.30. The summed E-state index contributed by atoms with van der Waals surface area (Å²) < 4.78 is 1.80. The molecule has 0 fully saturated rings. The van der Waals surface area contributed by atoms with Crippen LogP contribution < -0.4 is 5.32 Å². The number of aliphatic carboxylic acids is 1. The van der Waals surface area contributed by atoms with Crippen LogP contribution >= 0.6 is 0 Å². The number of aryl methyl sites for hydroxylation is 1. The Kier molecular flexibility index (Phi) is 3.66. The van der Waals surface area contributed by atoms with E-state index >= 15 is 0 Å². The second kappa shape index (κ2) is 5.63. The molecule has 114 valence electrons. The van der Waals surface area contributed by atoms with Gasteiger partial charge in [0.15, 0.2) is 5.69 Å². The molecule has 1 aliphatic rings. The molecule has 0 saturated heterocycles. The first kappa shape index (κ1) is 14.3. The Bertz CT molecular complexity index is 732. The molecule has 6 nitrogen and oxygen atoms in total. The van der Waals surface area contributed by atoms with Crippen molar-refractivity contribution < 1.29 is 14.7 Å². The first-order valence-corrected chi connectivity index (χ1v) is 7.24. The van der Waals surface area contributed by atoms with Crippen molar-refractivity contribution in [3.8, 4) is 5.69 Å². The fourth-order valence-electron chi connectivity index (χ4n) is 2.76. The number of carbonyl (C=O) groups excluding carboxylic acids is 1. The summed E-state index contributed by atoms with van der Waals surface area (Å²) in [4.78, 5) is 22.7. The molecule has 3 rings (SSSR count). The molecular formula is C16H17N3O3. The minimum atomic E-state index is -1.07. The van der Waals surface area contributed by atoms with E-state index in [4.69, 9.17) is 5.11 Å². The first-order chi connectivity index (χ1) is 10.6. The average Bonchev–Trinajstić information content (AvgIpc) is 3.08. The second-order valence-electron chi connectivity index (χ2n) is 5.45. The SMILES string of the molecule is Cc1ccc(-n2nc(C(=O)NCC(=O)O)c3c2CCC3)cc1. The van der Waals surface area contributed by atoms with Crippen molar-refractivity contribution in [2.75, 3.05) is 6.54 Å². The van der Waals surface area contributed by atoms with Gasteiger partial charge in [0.2, 0.25) is 0 Å². The number of amides is 1. The van der Waals surface area contributed by atoms with Gasteiger partial charge >= 0.3 is 5.97 Å². The summed E-state index contributed by atoms with van der Waals surface area (Å²) in [5.41, 5.74) is 4.40. The molecule has 0 spiro atoms. The molecule has 1 aromatic carbocycles. The molecule has 2 N–H and O–H groups in total. The van der Waals surface area contributed by atoms with Crippen molar-refractivity contribution in [2.45, 2.75) is 26.2 Å². The maximum absolute atomic E-state index is 12.2. The van der Waals surface area contributed by atoms with Gasteiger partial charge in [-0.05, 0) is 38.3 Å². The summed E-state index contributed by atoms with van der Waals surface area (Å²) in [7, 11) is 0.